The zero-order chi connectivity index (χ0) is 39.5. The topological polar surface area (TPSA) is 57.4 Å². The first-order chi connectivity index (χ1) is 29.1. The summed E-state index contributed by atoms with van der Waals surface area (Å²) in [5.74, 6) is 0. The predicted octanol–water partition coefficient (Wildman–Crippen LogP) is 13.6. The summed E-state index contributed by atoms with van der Waals surface area (Å²) in [5, 5.41) is 25.5. The van der Waals surface area contributed by atoms with E-state index in [1.807, 2.05) is 36.4 Å². The van der Waals surface area contributed by atoms with Crippen molar-refractivity contribution in [1.29, 1.82) is 10.5 Å². The van der Waals surface area contributed by atoms with E-state index < -0.39 is 0 Å². The van der Waals surface area contributed by atoms with Gasteiger partial charge in [-0.2, -0.15) is 10.5 Å². The number of nitrogens with zero attached hydrogens (tertiary/aromatic N) is 4. The molecule has 11 rings (SSSR count). The van der Waals surface area contributed by atoms with E-state index in [4.69, 9.17) is 0 Å². The number of nitriles is 2. The molecule has 0 unspecified atom stereocenters. The zero-order valence-corrected chi connectivity index (χ0v) is 32.0. The van der Waals surface area contributed by atoms with Gasteiger partial charge in [0.25, 0.3) is 0 Å². The molecule has 0 bridgehead atoms. The van der Waals surface area contributed by atoms with Gasteiger partial charge in [0.1, 0.15) is 0 Å². The van der Waals surface area contributed by atoms with Crippen LogP contribution in [0, 0.1) is 22.7 Å². The first kappa shape index (κ1) is 34.1. The van der Waals surface area contributed by atoms with Gasteiger partial charge in [0.15, 0.2) is 0 Å². The van der Waals surface area contributed by atoms with Crippen molar-refractivity contribution in [3.8, 4) is 34.6 Å². The van der Waals surface area contributed by atoms with E-state index in [0.717, 1.165) is 62.1 Å². The van der Waals surface area contributed by atoms with E-state index in [9.17, 15) is 10.5 Å². The van der Waals surface area contributed by atoms with E-state index in [1.165, 1.54) is 43.8 Å². The Hall–Kier alpha value is -8.18. The lowest BCUT2D eigenvalue weighted by Crippen LogP contribution is -1.94. The van der Waals surface area contributed by atoms with Crippen molar-refractivity contribution in [2.75, 3.05) is 0 Å². The Labute approximate surface area is 341 Å². The summed E-state index contributed by atoms with van der Waals surface area (Å²) >= 11 is 0. The van der Waals surface area contributed by atoms with Crippen molar-refractivity contribution < 1.29 is 0 Å². The maximum Gasteiger partial charge on any atom is 0.0998 e. The van der Waals surface area contributed by atoms with Crippen molar-refractivity contribution in [3.05, 3.63) is 215 Å². The molecule has 0 atom stereocenters. The third-order valence-electron chi connectivity index (χ3n) is 11.8. The second-order valence-electron chi connectivity index (χ2n) is 15.2. The summed E-state index contributed by atoms with van der Waals surface area (Å²) in [5.41, 5.74) is 16.6. The molecular weight excluding hydrogens is 717 g/mol. The summed E-state index contributed by atoms with van der Waals surface area (Å²) < 4.78 is 4.58. The van der Waals surface area contributed by atoms with Crippen LogP contribution < -0.4 is 0 Å². The summed E-state index contributed by atoms with van der Waals surface area (Å²) in [6.45, 7) is 0. The molecule has 0 amide bonds. The summed E-state index contributed by atoms with van der Waals surface area (Å²) in [4.78, 5) is 0. The van der Waals surface area contributed by atoms with Crippen molar-refractivity contribution >= 4 is 66.9 Å². The van der Waals surface area contributed by atoms with Gasteiger partial charge in [-0.25, -0.2) is 0 Å². The standard InChI is InChI=1S/C55H34N4/c56-34-42(38-19-23-44(24-20-38)58-52-13-5-1-9-48(52)49-10-2-6-14-53(49)58)31-36-17-27-46-40(29-36)33-41-30-37(18-28-47(41)46)32-43(35-57)39-21-25-45(26-22-39)59-54-15-7-3-11-50(54)51-12-4-8-16-55(51)59/h1-32H,33H2. The quantitative estimate of drug-likeness (QED) is 0.125. The fourth-order valence-corrected chi connectivity index (χ4v) is 9.11. The normalized spacial score (nSPS) is 12.5. The van der Waals surface area contributed by atoms with Crippen LogP contribution in [0.3, 0.4) is 0 Å². The van der Waals surface area contributed by atoms with E-state index in [0.29, 0.717) is 11.1 Å². The minimum atomic E-state index is 0.619. The van der Waals surface area contributed by atoms with Crippen LogP contribution in [0.4, 0.5) is 0 Å². The van der Waals surface area contributed by atoms with Gasteiger partial charge in [-0.05, 0) is 112 Å². The second-order valence-corrected chi connectivity index (χ2v) is 15.2. The molecule has 0 saturated carbocycles. The van der Waals surface area contributed by atoms with Gasteiger partial charge < -0.3 is 9.13 Å². The van der Waals surface area contributed by atoms with Crippen LogP contribution in [0.2, 0.25) is 0 Å². The molecule has 10 aromatic rings. The van der Waals surface area contributed by atoms with Gasteiger partial charge in [0.05, 0.1) is 45.4 Å². The average Bonchev–Trinajstić information content (AvgIpc) is 3.95. The molecule has 2 heterocycles. The van der Waals surface area contributed by atoms with Crippen molar-refractivity contribution in [1.82, 2.24) is 9.13 Å². The van der Waals surface area contributed by atoms with Gasteiger partial charge in [-0.15, -0.1) is 0 Å². The van der Waals surface area contributed by atoms with Crippen molar-refractivity contribution in [3.63, 3.8) is 0 Å². The molecule has 0 saturated heterocycles. The predicted molar refractivity (Wildman–Crippen MR) is 243 cm³/mol. The molecule has 8 aromatic carbocycles. The number of hydrogen-bond donors (Lipinski definition) is 0. The highest BCUT2D eigenvalue weighted by atomic mass is 15.0. The molecule has 0 spiro atoms. The van der Waals surface area contributed by atoms with Crippen LogP contribution in [0.25, 0.3) is 89.4 Å². The molecule has 0 radical (unpaired) electrons. The molecule has 2 aromatic heterocycles. The number of allylic oxidation sites excluding steroid dienone is 2. The van der Waals surface area contributed by atoms with Gasteiger partial charge >= 0.3 is 0 Å². The van der Waals surface area contributed by atoms with E-state index in [2.05, 4.69) is 179 Å². The van der Waals surface area contributed by atoms with E-state index in [1.54, 1.807) is 0 Å². The molecule has 1 aliphatic rings. The van der Waals surface area contributed by atoms with Gasteiger partial charge in [-0.1, -0.05) is 133 Å². The summed E-state index contributed by atoms with van der Waals surface area (Å²) in [6.07, 6.45) is 4.76. The molecule has 0 aliphatic heterocycles. The van der Waals surface area contributed by atoms with Crippen molar-refractivity contribution in [2.24, 2.45) is 0 Å². The molecule has 1 aliphatic carbocycles. The van der Waals surface area contributed by atoms with Crippen LogP contribution in [-0.2, 0) is 6.42 Å². The third kappa shape index (κ3) is 5.66. The van der Waals surface area contributed by atoms with E-state index >= 15 is 0 Å². The molecule has 4 nitrogen and oxygen atoms in total. The monoisotopic (exact) mass is 750 g/mol. The van der Waals surface area contributed by atoms with Gasteiger partial charge in [0, 0.05) is 32.9 Å². The minimum Gasteiger partial charge on any atom is -0.309 e. The Morgan fingerprint density at radius 3 is 1.08 bits per heavy atom. The summed E-state index contributed by atoms with van der Waals surface area (Å²) in [7, 11) is 0. The average molecular weight is 751 g/mol. The SMILES string of the molecule is N#CC(=Cc1ccc2c(c1)Cc1cc(C=C(C#N)c3ccc(-n4c5ccccc5c5ccccc54)cc3)ccc1-2)c1ccc(-n2c3ccccc3c3ccccc32)cc1. The van der Waals surface area contributed by atoms with Gasteiger partial charge in [-0.3, -0.25) is 0 Å². The van der Waals surface area contributed by atoms with Gasteiger partial charge in [0.2, 0.25) is 0 Å². The minimum absolute atomic E-state index is 0.619. The number of para-hydroxylation sites is 4. The molecule has 59 heavy (non-hydrogen) atoms. The highest BCUT2D eigenvalue weighted by molar-refractivity contribution is 6.10. The lowest BCUT2D eigenvalue weighted by Gasteiger charge is -2.09. The lowest BCUT2D eigenvalue weighted by atomic mass is 9.99. The van der Waals surface area contributed by atoms with Crippen LogP contribution in [-0.4, -0.2) is 9.13 Å². The summed E-state index contributed by atoms with van der Waals surface area (Å²) in [6, 6.07) is 68.4. The Bertz CT molecular complexity index is 3130. The Morgan fingerprint density at radius 1 is 0.407 bits per heavy atom. The maximum atomic E-state index is 10.3. The van der Waals surface area contributed by atoms with Crippen LogP contribution in [0.5, 0.6) is 0 Å². The number of hydrogen-bond acceptors (Lipinski definition) is 2. The maximum absolute atomic E-state index is 10.3. The highest BCUT2D eigenvalue weighted by Crippen LogP contribution is 2.39. The third-order valence-corrected chi connectivity index (χ3v) is 11.8. The fraction of sp³-hybridized carbons (Fsp3) is 0.0182. The first-order valence-corrected chi connectivity index (χ1v) is 19.8. The molecule has 0 N–H and O–H groups in total. The van der Waals surface area contributed by atoms with Crippen LogP contribution >= 0.6 is 0 Å². The molecular formula is C55H34N4. The van der Waals surface area contributed by atoms with Crippen molar-refractivity contribution in [2.45, 2.75) is 6.42 Å². The fourth-order valence-electron chi connectivity index (χ4n) is 9.11. The number of fused-ring (bicyclic) bond motifs is 9. The Balaban J connectivity index is 0.845. The smallest absolute Gasteiger partial charge is 0.0998 e. The Kier molecular flexibility index (Phi) is 7.97. The molecule has 4 heteroatoms. The van der Waals surface area contributed by atoms with E-state index in [-0.39, 0.29) is 0 Å². The lowest BCUT2D eigenvalue weighted by molar-refractivity contribution is 1.18. The van der Waals surface area contributed by atoms with Crippen LogP contribution in [0.15, 0.2) is 182 Å². The highest BCUT2D eigenvalue weighted by Gasteiger charge is 2.20. The Morgan fingerprint density at radius 2 is 0.746 bits per heavy atom. The number of rotatable bonds is 6. The largest absolute Gasteiger partial charge is 0.309 e. The first-order valence-electron chi connectivity index (χ1n) is 19.8. The van der Waals surface area contributed by atoms with Crippen LogP contribution in [0.1, 0.15) is 33.4 Å². The number of aromatic nitrogens is 2. The molecule has 274 valence electrons. The second kappa shape index (κ2) is 13.8. The molecule has 0 fully saturated rings. The zero-order valence-electron chi connectivity index (χ0n) is 32.0. The number of benzene rings is 8.